The van der Waals surface area contributed by atoms with Gasteiger partial charge in [-0.2, -0.15) is 13.2 Å². The van der Waals surface area contributed by atoms with E-state index in [-0.39, 0.29) is 6.54 Å². The Morgan fingerprint density at radius 2 is 1.93 bits per heavy atom. The van der Waals surface area contributed by atoms with Crippen LogP contribution in [0.3, 0.4) is 0 Å². The van der Waals surface area contributed by atoms with Gasteiger partial charge in [0.25, 0.3) is 0 Å². The summed E-state index contributed by atoms with van der Waals surface area (Å²) in [5.74, 6) is 0.249. The van der Waals surface area contributed by atoms with E-state index in [0.717, 1.165) is 24.7 Å². The van der Waals surface area contributed by atoms with Crippen molar-refractivity contribution in [1.82, 2.24) is 19.7 Å². The number of likely N-dealkylation sites (N-methyl/N-ethyl adjacent to an activating group) is 1. The van der Waals surface area contributed by atoms with Gasteiger partial charge in [-0.3, -0.25) is 0 Å². The third-order valence-electron chi connectivity index (χ3n) is 6.48. The highest BCUT2D eigenvalue weighted by atomic mass is 19.4. The molecule has 0 bridgehead atoms. The van der Waals surface area contributed by atoms with Crippen molar-refractivity contribution in [1.29, 1.82) is 0 Å². The zero-order chi connectivity index (χ0) is 18.8. The smallest absolute Gasteiger partial charge is 0.362 e. The van der Waals surface area contributed by atoms with Gasteiger partial charge in [0.1, 0.15) is 0 Å². The summed E-state index contributed by atoms with van der Waals surface area (Å²) >= 11 is 0. The van der Waals surface area contributed by atoms with Gasteiger partial charge in [-0.05, 0) is 36.6 Å². The number of aromatic nitrogens is 3. The lowest BCUT2D eigenvalue weighted by Crippen LogP contribution is -2.35. The Hall–Kier alpha value is -2.09. The number of nitrogens with zero attached hydrogens (tertiary/aromatic N) is 5. The van der Waals surface area contributed by atoms with Crippen LogP contribution in [0.4, 0.5) is 18.9 Å². The second-order valence-electron chi connectivity index (χ2n) is 7.94. The first kappa shape index (κ1) is 17.0. The molecule has 5 nitrogen and oxygen atoms in total. The second kappa shape index (κ2) is 5.70. The molecule has 0 N–H and O–H groups in total. The molecule has 0 amide bonds. The second-order valence-corrected chi connectivity index (χ2v) is 7.94. The van der Waals surface area contributed by atoms with Gasteiger partial charge in [-0.1, -0.05) is 19.1 Å². The first-order valence-corrected chi connectivity index (χ1v) is 9.48. The summed E-state index contributed by atoms with van der Waals surface area (Å²) < 4.78 is 40.1. The monoisotopic (exact) mass is 377 g/mol. The minimum Gasteiger partial charge on any atom is -0.362 e. The van der Waals surface area contributed by atoms with Crippen LogP contribution in [0.25, 0.3) is 0 Å². The van der Waals surface area contributed by atoms with Crippen molar-refractivity contribution in [2.24, 2.45) is 5.92 Å². The molecule has 1 saturated carbocycles. The molecule has 2 aromatic rings. The van der Waals surface area contributed by atoms with Gasteiger partial charge in [0, 0.05) is 37.3 Å². The largest absolute Gasteiger partial charge is 0.451 e. The Kier molecular flexibility index (Phi) is 3.60. The molecule has 5 rings (SSSR count). The predicted octanol–water partition coefficient (Wildman–Crippen LogP) is 2.91. The molecule has 0 spiro atoms. The maximum Gasteiger partial charge on any atom is 0.451 e. The Morgan fingerprint density at radius 3 is 2.59 bits per heavy atom. The number of likely N-dealkylation sites (tertiary alicyclic amines) is 1. The van der Waals surface area contributed by atoms with Crippen LogP contribution in [0, 0.1) is 5.92 Å². The highest BCUT2D eigenvalue weighted by Gasteiger charge is 2.60. The summed E-state index contributed by atoms with van der Waals surface area (Å²) in [6, 6.07) is 8.61. The minimum atomic E-state index is -4.46. The number of benzene rings is 1. The van der Waals surface area contributed by atoms with Gasteiger partial charge >= 0.3 is 6.18 Å². The van der Waals surface area contributed by atoms with Gasteiger partial charge in [0.05, 0.1) is 6.54 Å². The van der Waals surface area contributed by atoms with Gasteiger partial charge in [-0.15, -0.1) is 10.2 Å². The summed E-state index contributed by atoms with van der Waals surface area (Å²) in [5, 5.41) is 7.11. The molecule has 3 heterocycles. The van der Waals surface area contributed by atoms with Gasteiger partial charge in [0.15, 0.2) is 5.82 Å². The highest BCUT2D eigenvalue weighted by Crippen LogP contribution is 2.59. The predicted molar refractivity (Wildman–Crippen MR) is 94.4 cm³/mol. The number of halogens is 3. The van der Waals surface area contributed by atoms with Gasteiger partial charge < -0.3 is 14.4 Å². The van der Waals surface area contributed by atoms with Crippen molar-refractivity contribution < 1.29 is 13.2 Å². The Morgan fingerprint density at radius 1 is 1.15 bits per heavy atom. The SMILES string of the molecule is CCN1CC2CC2(c2ccc(N3CCn4c(nnc4C(F)(F)F)C3)cc2)C1. The minimum absolute atomic E-state index is 0.246. The van der Waals surface area contributed by atoms with Crippen LogP contribution in [0.2, 0.25) is 0 Å². The van der Waals surface area contributed by atoms with Crippen molar-refractivity contribution in [3.05, 3.63) is 41.5 Å². The molecule has 2 aliphatic heterocycles. The molecule has 2 unspecified atom stereocenters. The molecule has 0 radical (unpaired) electrons. The van der Waals surface area contributed by atoms with Crippen molar-refractivity contribution in [3.63, 3.8) is 0 Å². The standard InChI is InChI=1S/C19H22F3N5/c1-2-25-10-14-9-18(14,12-25)13-3-5-15(6-4-13)26-7-8-27-16(11-26)23-24-17(27)19(20,21)22/h3-6,14H,2,7-12H2,1H3. The molecule has 1 aromatic carbocycles. The van der Waals surface area contributed by atoms with Gasteiger partial charge in [-0.25, -0.2) is 0 Å². The summed E-state index contributed by atoms with van der Waals surface area (Å²) in [5.41, 5.74) is 2.75. The Balaban J connectivity index is 1.33. The molecule has 2 fully saturated rings. The normalized spacial score (nSPS) is 27.6. The number of fused-ring (bicyclic) bond motifs is 2. The van der Waals surface area contributed by atoms with E-state index < -0.39 is 12.0 Å². The third-order valence-corrected chi connectivity index (χ3v) is 6.48. The zero-order valence-corrected chi connectivity index (χ0v) is 15.2. The molecule has 2 atom stereocenters. The first-order chi connectivity index (χ1) is 12.9. The van der Waals surface area contributed by atoms with Crippen LogP contribution in [0.15, 0.2) is 24.3 Å². The molecule has 3 aliphatic rings. The fourth-order valence-electron chi connectivity index (χ4n) is 4.87. The average molecular weight is 377 g/mol. The highest BCUT2D eigenvalue weighted by molar-refractivity contribution is 5.51. The van der Waals surface area contributed by atoms with E-state index in [1.165, 1.54) is 23.1 Å². The zero-order valence-electron chi connectivity index (χ0n) is 15.2. The molecule has 1 aliphatic carbocycles. The van der Waals surface area contributed by atoms with Crippen LogP contribution >= 0.6 is 0 Å². The molecule has 8 heteroatoms. The van der Waals surface area contributed by atoms with Crippen LogP contribution < -0.4 is 4.90 Å². The Labute approximate surface area is 155 Å². The summed E-state index contributed by atoms with van der Waals surface area (Å²) in [6.07, 6.45) is -3.18. The molecule has 144 valence electrons. The van der Waals surface area contributed by atoms with Crippen LogP contribution in [-0.4, -0.2) is 45.8 Å². The number of rotatable bonds is 3. The maximum absolute atomic E-state index is 13.0. The van der Waals surface area contributed by atoms with Crippen molar-refractivity contribution in [2.75, 3.05) is 31.1 Å². The van der Waals surface area contributed by atoms with Crippen molar-refractivity contribution in [2.45, 2.75) is 38.0 Å². The van der Waals surface area contributed by atoms with E-state index in [4.69, 9.17) is 0 Å². The van der Waals surface area contributed by atoms with Gasteiger partial charge in [0.2, 0.25) is 5.82 Å². The quantitative estimate of drug-likeness (QED) is 0.824. The molecule has 1 saturated heterocycles. The maximum atomic E-state index is 13.0. The van der Waals surface area contributed by atoms with E-state index in [2.05, 4.69) is 51.2 Å². The molecule has 27 heavy (non-hydrogen) atoms. The lowest BCUT2D eigenvalue weighted by Gasteiger charge is -2.30. The lowest BCUT2D eigenvalue weighted by molar-refractivity contribution is -0.147. The van der Waals surface area contributed by atoms with Crippen LogP contribution in [0.5, 0.6) is 0 Å². The van der Waals surface area contributed by atoms with Crippen LogP contribution in [0.1, 0.15) is 30.6 Å². The molecule has 1 aromatic heterocycles. The van der Waals surface area contributed by atoms with E-state index in [0.29, 0.717) is 24.3 Å². The van der Waals surface area contributed by atoms with Crippen molar-refractivity contribution in [3.8, 4) is 0 Å². The fourth-order valence-corrected chi connectivity index (χ4v) is 4.87. The summed E-state index contributed by atoms with van der Waals surface area (Å²) in [6.45, 7) is 6.76. The van der Waals surface area contributed by atoms with E-state index >= 15 is 0 Å². The number of anilines is 1. The van der Waals surface area contributed by atoms with E-state index in [1.54, 1.807) is 0 Å². The number of hydrogen-bond donors (Lipinski definition) is 0. The van der Waals surface area contributed by atoms with E-state index in [1.807, 2.05) is 0 Å². The van der Waals surface area contributed by atoms with Crippen molar-refractivity contribution >= 4 is 5.69 Å². The summed E-state index contributed by atoms with van der Waals surface area (Å²) in [4.78, 5) is 4.58. The molecular formula is C19H22F3N5. The van der Waals surface area contributed by atoms with E-state index in [9.17, 15) is 13.2 Å². The number of piperidine rings is 1. The molecular weight excluding hydrogens is 355 g/mol. The Bertz CT molecular complexity index is 859. The fraction of sp³-hybridized carbons (Fsp3) is 0.579. The topological polar surface area (TPSA) is 37.2 Å². The summed E-state index contributed by atoms with van der Waals surface area (Å²) in [7, 11) is 0. The first-order valence-electron chi connectivity index (χ1n) is 9.48. The van der Waals surface area contributed by atoms with Crippen LogP contribution in [-0.2, 0) is 24.7 Å². The number of alkyl halides is 3. The third kappa shape index (κ3) is 2.64. The lowest BCUT2D eigenvalue weighted by atomic mass is 9.94. The average Bonchev–Trinajstić information content (AvgIpc) is 3.03. The number of hydrogen-bond acceptors (Lipinski definition) is 4.